The molecule has 0 atom stereocenters. The lowest BCUT2D eigenvalue weighted by Gasteiger charge is -2.11. The minimum absolute atomic E-state index is 0.708. The van der Waals surface area contributed by atoms with Crippen LogP contribution in [0, 0.1) is 7.40 Å². The molecule has 1 fully saturated rings. The lowest BCUT2D eigenvalue weighted by Crippen LogP contribution is -2.17. The highest BCUT2D eigenvalue weighted by Gasteiger charge is 2.21. The zero-order valence-electron chi connectivity index (χ0n) is 9.61. The van der Waals surface area contributed by atoms with E-state index in [0.717, 1.165) is 19.6 Å². The fourth-order valence-electron chi connectivity index (χ4n) is 1.81. The van der Waals surface area contributed by atoms with E-state index in [1.807, 2.05) is 24.8 Å². The number of aromatic nitrogens is 3. The van der Waals surface area contributed by atoms with Crippen LogP contribution < -0.4 is 5.32 Å². The molecule has 0 saturated heterocycles. The minimum atomic E-state index is 0.708. The van der Waals surface area contributed by atoms with E-state index in [4.69, 9.17) is 0 Å². The summed E-state index contributed by atoms with van der Waals surface area (Å²) in [7, 11) is 0. The molecule has 0 radical (unpaired) electrons. The van der Waals surface area contributed by atoms with E-state index in [-0.39, 0.29) is 0 Å². The third-order valence-electron chi connectivity index (χ3n) is 2.96. The van der Waals surface area contributed by atoms with Crippen LogP contribution in [0.4, 0.5) is 0 Å². The van der Waals surface area contributed by atoms with Crippen LogP contribution in [0.25, 0.3) is 5.69 Å². The predicted molar refractivity (Wildman–Crippen MR) is 86.7 cm³/mol. The van der Waals surface area contributed by atoms with Gasteiger partial charge >= 0.3 is 0 Å². The van der Waals surface area contributed by atoms with Gasteiger partial charge in [0.05, 0.1) is 5.69 Å². The van der Waals surface area contributed by atoms with Crippen molar-refractivity contribution in [3.05, 3.63) is 37.8 Å². The molecule has 18 heavy (non-hydrogen) atoms. The molecule has 94 valence electrons. The van der Waals surface area contributed by atoms with E-state index in [0.29, 0.717) is 6.04 Å². The summed E-state index contributed by atoms with van der Waals surface area (Å²) < 4.78 is 4.30. The molecule has 1 aliphatic rings. The summed E-state index contributed by atoms with van der Waals surface area (Å²) in [6, 6.07) is 2.75. The number of nitrogens with one attached hydrogen (secondary N) is 1. The zero-order valence-corrected chi connectivity index (χ0v) is 13.9. The minimum Gasteiger partial charge on any atom is -0.310 e. The molecular weight excluding hydrogens is 454 g/mol. The fraction of sp³-hybridized carbons (Fsp3) is 0.333. The van der Waals surface area contributed by atoms with E-state index in [9.17, 15) is 0 Å². The van der Waals surface area contributed by atoms with Gasteiger partial charge in [-0.25, -0.2) is 4.98 Å². The van der Waals surface area contributed by atoms with Crippen molar-refractivity contribution in [3.8, 4) is 5.69 Å². The lowest BCUT2D eigenvalue weighted by molar-refractivity contribution is 0.682. The van der Waals surface area contributed by atoms with Crippen molar-refractivity contribution in [1.82, 2.24) is 19.9 Å². The van der Waals surface area contributed by atoms with Crippen molar-refractivity contribution >= 4 is 45.2 Å². The molecular formula is C12H12I2N4. The van der Waals surface area contributed by atoms with Crippen LogP contribution in [0.3, 0.4) is 0 Å². The van der Waals surface area contributed by atoms with Crippen molar-refractivity contribution in [1.29, 1.82) is 0 Å². The Balaban J connectivity index is 1.92. The third-order valence-corrected chi connectivity index (χ3v) is 5.82. The van der Waals surface area contributed by atoms with Gasteiger partial charge in [-0.3, -0.25) is 9.55 Å². The summed E-state index contributed by atoms with van der Waals surface area (Å²) in [5, 5.41) is 3.53. The Morgan fingerprint density at radius 3 is 2.89 bits per heavy atom. The zero-order chi connectivity index (χ0) is 12.5. The van der Waals surface area contributed by atoms with Gasteiger partial charge in [0.2, 0.25) is 0 Å². The Morgan fingerprint density at radius 2 is 2.22 bits per heavy atom. The second-order valence-electron chi connectivity index (χ2n) is 4.36. The van der Waals surface area contributed by atoms with Crippen LogP contribution in [0.5, 0.6) is 0 Å². The molecule has 0 aliphatic heterocycles. The lowest BCUT2D eigenvalue weighted by atomic mass is 10.2. The maximum absolute atomic E-state index is 4.34. The summed E-state index contributed by atoms with van der Waals surface area (Å²) in [6.07, 6.45) is 8.25. The van der Waals surface area contributed by atoms with E-state index >= 15 is 0 Å². The largest absolute Gasteiger partial charge is 0.310 e. The topological polar surface area (TPSA) is 42.7 Å². The molecule has 0 unspecified atom stereocenters. The van der Waals surface area contributed by atoms with Gasteiger partial charge in [0.1, 0.15) is 13.7 Å². The van der Waals surface area contributed by atoms with Crippen LogP contribution in [0.15, 0.2) is 24.8 Å². The van der Waals surface area contributed by atoms with Gasteiger partial charge in [0.25, 0.3) is 0 Å². The highest BCUT2D eigenvalue weighted by atomic mass is 127. The Bertz CT molecular complexity index is 563. The molecule has 2 aromatic rings. The Kier molecular flexibility index (Phi) is 3.85. The fourth-order valence-corrected chi connectivity index (χ4v) is 2.72. The second-order valence-corrected chi connectivity index (χ2v) is 6.40. The molecule has 0 bridgehead atoms. The highest BCUT2D eigenvalue weighted by molar-refractivity contribution is 14.1. The molecule has 1 N–H and O–H groups in total. The maximum atomic E-state index is 4.34. The van der Waals surface area contributed by atoms with Gasteiger partial charge in [-0.2, -0.15) is 0 Å². The Hall–Kier alpha value is -0.220. The summed E-state index contributed by atoms with van der Waals surface area (Å²) >= 11 is 4.58. The van der Waals surface area contributed by atoms with Crippen LogP contribution >= 0.6 is 45.2 Å². The standard InChI is InChI=1S/C12H12I2N4/c13-11-12(14)18(7-17-11)10-3-4-15-5-8(10)6-16-9-1-2-9/h3-5,7,9,16H,1-2,6H2. The van der Waals surface area contributed by atoms with Crippen LogP contribution in [-0.4, -0.2) is 20.6 Å². The molecule has 3 rings (SSSR count). The number of halogens is 2. The van der Waals surface area contributed by atoms with Crippen LogP contribution in [0.2, 0.25) is 0 Å². The number of pyridine rings is 1. The van der Waals surface area contributed by atoms with Gasteiger partial charge in [-0.05, 0) is 64.1 Å². The van der Waals surface area contributed by atoms with Crippen molar-refractivity contribution in [3.63, 3.8) is 0 Å². The maximum Gasteiger partial charge on any atom is 0.133 e. The first-order valence-corrected chi connectivity index (χ1v) is 7.96. The molecule has 4 nitrogen and oxygen atoms in total. The van der Waals surface area contributed by atoms with Gasteiger partial charge in [0.15, 0.2) is 0 Å². The summed E-state index contributed by atoms with van der Waals surface area (Å²) in [4.78, 5) is 8.57. The first kappa shape index (κ1) is 12.8. The van der Waals surface area contributed by atoms with Gasteiger partial charge < -0.3 is 5.32 Å². The smallest absolute Gasteiger partial charge is 0.133 e. The molecule has 0 spiro atoms. The van der Waals surface area contributed by atoms with Crippen molar-refractivity contribution in [2.75, 3.05) is 0 Å². The molecule has 0 amide bonds. The Morgan fingerprint density at radius 1 is 1.39 bits per heavy atom. The van der Waals surface area contributed by atoms with Crippen molar-refractivity contribution in [2.24, 2.45) is 0 Å². The average Bonchev–Trinajstić information content (AvgIpc) is 3.16. The molecule has 2 aromatic heterocycles. The van der Waals surface area contributed by atoms with Crippen LogP contribution in [-0.2, 0) is 6.54 Å². The molecule has 0 aromatic carbocycles. The van der Waals surface area contributed by atoms with Crippen molar-refractivity contribution in [2.45, 2.75) is 25.4 Å². The van der Waals surface area contributed by atoms with E-state index in [1.165, 1.54) is 18.4 Å². The number of hydrogen-bond acceptors (Lipinski definition) is 3. The first-order chi connectivity index (χ1) is 8.75. The summed E-state index contributed by atoms with van der Waals surface area (Å²) in [5.74, 6) is 0. The van der Waals surface area contributed by atoms with E-state index in [1.54, 1.807) is 0 Å². The molecule has 2 heterocycles. The summed E-state index contributed by atoms with van der Waals surface area (Å²) in [5.41, 5.74) is 2.38. The SMILES string of the molecule is Ic1ncn(-c2ccncc2CNC2CC2)c1I. The van der Waals surface area contributed by atoms with Gasteiger partial charge in [0, 0.05) is 30.5 Å². The van der Waals surface area contributed by atoms with E-state index in [2.05, 4.69) is 65.0 Å². The second kappa shape index (κ2) is 5.41. The first-order valence-electron chi connectivity index (χ1n) is 5.80. The van der Waals surface area contributed by atoms with E-state index < -0.39 is 0 Å². The molecule has 1 saturated carbocycles. The number of rotatable bonds is 4. The predicted octanol–water partition coefficient (Wildman–Crippen LogP) is 2.73. The normalized spacial score (nSPS) is 15.0. The van der Waals surface area contributed by atoms with Crippen molar-refractivity contribution < 1.29 is 0 Å². The molecule has 1 aliphatic carbocycles. The molecule has 6 heteroatoms. The average molecular weight is 466 g/mol. The van der Waals surface area contributed by atoms with Crippen LogP contribution in [0.1, 0.15) is 18.4 Å². The number of hydrogen-bond donors (Lipinski definition) is 1. The van der Waals surface area contributed by atoms with Gasteiger partial charge in [-0.15, -0.1) is 0 Å². The van der Waals surface area contributed by atoms with Gasteiger partial charge in [-0.1, -0.05) is 0 Å². The Labute approximate surface area is 133 Å². The summed E-state index contributed by atoms with van der Waals surface area (Å²) in [6.45, 7) is 0.874. The highest BCUT2D eigenvalue weighted by Crippen LogP contribution is 2.23. The monoisotopic (exact) mass is 466 g/mol. The third kappa shape index (κ3) is 2.69. The number of nitrogens with zero attached hydrogens (tertiary/aromatic N) is 3. The quantitative estimate of drug-likeness (QED) is 0.706. The number of imidazole rings is 1.